The van der Waals surface area contributed by atoms with Crippen molar-refractivity contribution in [1.29, 1.82) is 5.26 Å². The second-order valence-corrected chi connectivity index (χ2v) is 4.54. The Morgan fingerprint density at radius 1 is 1.47 bits per heavy atom. The summed E-state index contributed by atoms with van der Waals surface area (Å²) in [5.74, 6) is -0.530. The molecule has 0 radical (unpaired) electrons. The van der Waals surface area contributed by atoms with Gasteiger partial charge in [0.2, 0.25) is 5.91 Å². The van der Waals surface area contributed by atoms with E-state index in [2.05, 4.69) is 10.6 Å². The molecule has 1 aromatic rings. The number of hydrogen-bond donors (Lipinski definition) is 2. The van der Waals surface area contributed by atoms with Gasteiger partial charge in [-0.1, -0.05) is 12.1 Å². The Balaban J connectivity index is 2.38. The molecule has 1 amide bonds. The lowest BCUT2D eigenvalue weighted by Gasteiger charge is -2.09. The SMILES string of the molecule is CC(C)NC(=O)CCNCc1cccc(C#N)c1F. The number of carbonyl (C=O) groups excluding carboxylic acids is 1. The number of benzene rings is 1. The maximum atomic E-state index is 13.7. The molecule has 2 N–H and O–H groups in total. The van der Waals surface area contributed by atoms with Gasteiger partial charge in [-0.05, 0) is 19.9 Å². The van der Waals surface area contributed by atoms with Crippen molar-refractivity contribution in [1.82, 2.24) is 10.6 Å². The first-order valence-electron chi connectivity index (χ1n) is 6.22. The summed E-state index contributed by atoms with van der Waals surface area (Å²) in [4.78, 5) is 11.4. The highest BCUT2D eigenvalue weighted by atomic mass is 19.1. The van der Waals surface area contributed by atoms with Crippen molar-refractivity contribution < 1.29 is 9.18 Å². The molecule has 0 aromatic heterocycles. The maximum absolute atomic E-state index is 13.7. The third-order valence-corrected chi connectivity index (χ3v) is 2.49. The van der Waals surface area contributed by atoms with Crippen molar-refractivity contribution in [2.75, 3.05) is 6.54 Å². The van der Waals surface area contributed by atoms with Crippen LogP contribution in [0.4, 0.5) is 4.39 Å². The smallest absolute Gasteiger partial charge is 0.221 e. The second-order valence-electron chi connectivity index (χ2n) is 4.54. The van der Waals surface area contributed by atoms with Gasteiger partial charge in [0.1, 0.15) is 11.9 Å². The number of nitrogens with zero attached hydrogens (tertiary/aromatic N) is 1. The molecule has 0 spiro atoms. The normalized spacial score (nSPS) is 10.3. The maximum Gasteiger partial charge on any atom is 0.221 e. The number of nitrogens with one attached hydrogen (secondary N) is 2. The van der Waals surface area contributed by atoms with Gasteiger partial charge in [-0.2, -0.15) is 5.26 Å². The molecule has 0 saturated heterocycles. The van der Waals surface area contributed by atoms with Crippen LogP contribution in [0.3, 0.4) is 0 Å². The van der Waals surface area contributed by atoms with E-state index in [0.29, 0.717) is 25.1 Å². The van der Waals surface area contributed by atoms with Crippen LogP contribution in [-0.4, -0.2) is 18.5 Å². The lowest BCUT2D eigenvalue weighted by molar-refractivity contribution is -0.121. The quantitative estimate of drug-likeness (QED) is 0.768. The topological polar surface area (TPSA) is 64.9 Å². The summed E-state index contributed by atoms with van der Waals surface area (Å²) in [5, 5.41) is 14.5. The Morgan fingerprint density at radius 2 is 2.21 bits per heavy atom. The van der Waals surface area contributed by atoms with Crippen LogP contribution in [0.15, 0.2) is 18.2 Å². The molecule has 0 saturated carbocycles. The van der Waals surface area contributed by atoms with Crippen molar-refractivity contribution in [3.05, 3.63) is 35.1 Å². The van der Waals surface area contributed by atoms with E-state index in [-0.39, 0.29) is 17.5 Å². The lowest BCUT2D eigenvalue weighted by atomic mass is 10.1. The predicted octanol–water partition coefficient (Wildman–Crippen LogP) is 1.70. The molecule has 0 aliphatic rings. The Labute approximate surface area is 112 Å². The van der Waals surface area contributed by atoms with Crippen molar-refractivity contribution in [2.24, 2.45) is 0 Å². The standard InChI is InChI=1S/C14H18FN3O/c1-10(2)18-13(19)6-7-17-9-12-5-3-4-11(8-16)14(12)15/h3-5,10,17H,6-7,9H2,1-2H3,(H,18,19). The summed E-state index contributed by atoms with van der Waals surface area (Å²) in [6.07, 6.45) is 0.345. The van der Waals surface area contributed by atoms with Crippen LogP contribution in [0.25, 0.3) is 0 Å². The number of halogens is 1. The van der Waals surface area contributed by atoms with Gasteiger partial charge in [-0.3, -0.25) is 4.79 Å². The summed E-state index contributed by atoms with van der Waals surface area (Å²) in [7, 11) is 0. The molecule has 0 atom stereocenters. The van der Waals surface area contributed by atoms with Crippen LogP contribution in [-0.2, 0) is 11.3 Å². The minimum Gasteiger partial charge on any atom is -0.354 e. The zero-order valence-corrected chi connectivity index (χ0v) is 11.2. The molecular formula is C14H18FN3O. The van der Waals surface area contributed by atoms with E-state index in [1.54, 1.807) is 18.2 Å². The van der Waals surface area contributed by atoms with Crippen molar-refractivity contribution >= 4 is 5.91 Å². The van der Waals surface area contributed by atoms with Crippen molar-refractivity contribution in [2.45, 2.75) is 32.9 Å². The van der Waals surface area contributed by atoms with Crippen molar-refractivity contribution in [3.8, 4) is 6.07 Å². The second kappa shape index (κ2) is 7.49. The molecular weight excluding hydrogens is 245 g/mol. The van der Waals surface area contributed by atoms with Gasteiger partial charge in [0.15, 0.2) is 0 Å². The average Bonchev–Trinajstić information content (AvgIpc) is 2.35. The first-order chi connectivity index (χ1) is 9.04. The molecule has 102 valence electrons. The molecule has 5 heteroatoms. The van der Waals surface area contributed by atoms with E-state index in [9.17, 15) is 9.18 Å². The molecule has 0 aliphatic heterocycles. The van der Waals surface area contributed by atoms with E-state index in [1.807, 2.05) is 13.8 Å². The Morgan fingerprint density at radius 3 is 2.84 bits per heavy atom. The van der Waals surface area contributed by atoms with E-state index < -0.39 is 5.82 Å². The van der Waals surface area contributed by atoms with Crippen LogP contribution < -0.4 is 10.6 Å². The third-order valence-electron chi connectivity index (χ3n) is 2.49. The van der Waals surface area contributed by atoms with E-state index >= 15 is 0 Å². The predicted molar refractivity (Wildman–Crippen MR) is 70.7 cm³/mol. The summed E-state index contributed by atoms with van der Waals surface area (Å²) in [6, 6.07) is 6.63. The number of hydrogen-bond acceptors (Lipinski definition) is 3. The van der Waals surface area contributed by atoms with Gasteiger partial charge in [0.05, 0.1) is 5.56 Å². The van der Waals surface area contributed by atoms with Crippen LogP contribution in [0.1, 0.15) is 31.4 Å². The summed E-state index contributed by atoms with van der Waals surface area (Å²) >= 11 is 0. The Hall–Kier alpha value is -1.93. The first kappa shape index (κ1) is 15.1. The van der Waals surface area contributed by atoms with Gasteiger partial charge in [0, 0.05) is 31.1 Å². The molecule has 19 heavy (non-hydrogen) atoms. The molecule has 4 nitrogen and oxygen atoms in total. The molecule has 1 aromatic carbocycles. The van der Waals surface area contributed by atoms with Gasteiger partial charge < -0.3 is 10.6 Å². The molecule has 0 unspecified atom stereocenters. The minimum atomic E-state index is -0.496. The van der Waals surface area contributed by atoms with Crippen LogP contribution >= 0.6 is 0 Å². The van der Waals surface area contributed by atoms with Gasteiger partial charge in [-0.15, -0.1) is 0 Å². The first-order valence-corrected chi connectivity index (χ1v) is 6.22. The molecule has 0 aliphatic carbocycles. The highest BCUT2D eigenvalue weighted by Gasteiger charge is 2.07. The molecule has 0 heterocycles. The number of nitriles is 1. The Kier molecular flexibility index (Phi) is 5.97. The van der Waals surface area contributed by atoms with Gasteiger partial charge in [-0.25, -0.2) is 4.39 Å². The zero-order valence-electron chi connectivity index (χ0n) is 11.2. The van der Waals surface area contributed by atoms with Gasteiger partial charge >= 0.3 is 0 Å². The monoisotopic (exact) mass is 263 g/mol. The number of rotatable bonds is 6. The largest absolute Gasteiger partial charge is 0.354 e. The number of amides is 1. The van der Waals surface area contributed by atoms with E-state index in [1.165, 1.54) is 6.07 Å². The summed E-state index contributed by atoms with van der Waals surface area (Å²) < 4.78 is 13.7. The van der Waals surface area contributed by atoms with E-state index in [4.69, 9.17) is 5.26 Å². The van der Waals surface area contributed by atoms with Crippen LogP contribution in [0.2, 0.25) is 0 Å². The molecule has 1 rings (SSSR count). The summed E-state index contributed by atoms with van der Waals surface area (Å²) in [6.45, 7) is 4.56. The molecule has 0 bridgehead atoms. The highest BCUT2D eigenvalue weighted by molar-refractivity contribution is 5.76. The van der Waals surface area contributed by atoms with Crippen LogP contribution in [0.5, 0.6) is 0 Å². The molecule has 0 fully saturated rings. The fourth-order valence-electron chi connectivity index (χ4n) is 1.62. The highest BCUT2D eigenvalue weighted by Crippen LogP contribution is 2.11. The fourth-order valence-corrected chi connectivity index (χ4v) is 1.62. The fraction of sp³-hybridized carbons (Fsp3) is 0.429. The Bertz CT molecular complexity index is 480. The van der Waals surface area contributed by atoms with Crippen molar-refractivity contribution in [3.63, 3.8) is 0 Å². The van der Waals surface area contributed by atoms with E-state index in [0.717, 1.165) is 0 Å². The average molecular weight is 263 g/mol. The third kappa shape index (κ3) is 5.06. The summed E-state index contributed by atoms with van der Waals surface area (Å²) in [5.41, 5.74) is 0.472. The lowest BCUT2D eigenvalue weighted by Crippen LogP contribution is -2.32. The number of carbonyl (C=O) groups is 1. The van der Waals surface area contributed by atoms with Gasteiger partial charge in [0.25, 0.3) is 0 Å². The van der Waals surface area contributed by atoms with Crippen LogP contribution in [0, 0.1) is 17.1 Å². The zero-order chi connectivity index (χ0) is 14.3. The minimum absolute atomic E-state index is 0.0336.